The molecule has 0 aliphatic rings. The van der Waals surface area contributed by atoms with E-state index in [0.29, 0.717) is 0 Å². The molecule has 0 amide bonds. The fourth-order valence-electron chi connectivity index (χ4n) is 1.18. The van der Waals surface area contributed by atoms with Crippen molar-refractivity contribution >= 4 is 17.3 Å². The Balaban J connectivity index is 3.38. The minimum atomic E-state index is -0.733. The summed E-state index contributed by atoms with van der Waals surface area (Å²) in [5.74, 6) is -0.738. The smallest absolute Gasteiger partial charge is 0.340 e. The highest BCUT2D eigenvalue weighted by Crippen LogP contribution is 2.31. The van der Waals surface area contributed by atoms with Gasteiger partial charge in [0.25, 0.3) is 0 Å². The predicted molar refractivity (Wildman–Crippen MR) is 55.4 cm³/mol. The van der Waals surface area contributed by atoms with Gasteiger partial charge in [-0.05, 0) is 0 Å². The number of nitro benzene ring substituents is 1. The topological polar surface area (TPSA) is 105 Å². The van der Waals surface area contributed by atoms with Crippen molar-refractivity contribution in [2.45, 2.75) is 0 Å². The third kappa shape index (κ3) is 2.02. The van der Waals surface area contributed by atoms with Gasteiger partial charge < -0.3 is 15.2 Å². The molecule has 2 N–H and O–H groups in total. The molecule has 7 heteroatoms. The molecular formula is C9H10N2O5. The van der Waals surface area contributed by atoms with Gasteiger partial charge in [-0.1, -0.05) is 0 Å². The van der Waals surface area contributed by atoms with E-state index in [4.69, 9.17) is 10.5 Å². The molecule has 0 fully saturated rings. The summed E-state index contributed by atoms with van der Waals surface area (Å²) in [5.41, 5.74) is 5.21. The van der Waals surface area contributed by atoms with Crippen molar-refractivity contribution in [1.29, 1.82) is 0 Å². The van der Waals surface area contributed by atoms with Crippen LogP contribution >= 0.6 is 0 Å². The molecule has 1 rings (SSSR count). The normalized spacial score (nSPS) is 9.62. The number of carbonyl (C=O) groups is 1. The van der Waals surface area contributed by atoms with Gasteiger partial charge in [0.1, 0.15) is 0 Å². The number of anilines is 1. The van der Waals surface area contributed by atoms with Crippen LogP contribution in [0, 0.1) is 10.1 Å². The highest BCUT2D eigenvalue weighted by atomic mass is 16.6. The van der Waals surface area contributed by atoms with Gasteiger partial charge in [-0.2, -0.15) is 0 Å². The highest BCUT2D eigenvalue weighted by molar-refractivity contribution is 5.96. The fourth-order valence-corrected chi connectivity index (χ4v) is 1.18. The van der Waals surface area contributed by atoms with Crippen LogP contribution in [-0.2, 0) is 4.74 Å². The maximum atomic E-state index is 11.2. The number of esters is 1. The van der Waals surface area contributed by atoms with Gasteiger partial charge in [-0.3, -0.25) is 10.1 Å². The molecule has 0 saturated heterocycles. The van der Waals surface area contributed by atoms with Crippen molar-refractivity contribution < 1.29 is 19.2 Å². The lowest BCUT2D eigenvalue weighted by Gasteiger charge is -2.06. The number of nitrogens with zero attached hydrogens (tertiary/aromatic N) is 1. The number of carbonyl (C=O) groups excluding carboxylic acids is 1. The van der Waals surface area contributed by atoms with Gasteiger partial charge in [0, 0.05) is 12.1 Å². The lowest BCUT2D eigenvalue weighted by molar-refractivity contribution is -0.385. The minimum absolute atomic E-state index is 0.00449. The molecule has 0 heterocycles. The highest BCUT2D eigenvalue weighted by Gasteiger charge is 2.21. The second-order valence-corrected chi connectivity index (χ2v) is 2.86. The van der Waals surface area contributed by atoms with Gasteiger partial charge in [0.05, 0.1) is 30.4 Å². The summed E-state index contributed by atoms with van der Waals surface area (Å²) < 4.78 is 9.23. The van der Waals surface area contributed by atoms with E-state index in [9.17, 15) is 14.9 Å². The third-order valence-electron chi connectivity index (χ3n) is 1.95. The first kappa shape index (κ1) is 11.8. The van der Waals surface area contributed by atoms with Crippen LogP contribution in [0.4, 0.5) is 11.4 Å². The average Bonchev–Trinajstić information content (AvgIpc) is 2.27. The van der Waals surface area contributed by atoms with Crippen LogP contribution in [0.3, 0.4) is 0 Å². The number of ether oxygens (including phenoxy) is 2. The van der Waals surface area contributed by atoms with Crippen LogP contribution in [-0.4, -0.2) is 25.1 Å². The molecule has 0 aliphatic carbocycles. The van der Waals surface area contributed by atoms with E-state index in [1.54, 1.807) is 0 Å². The van der Waals surface area contributed by atoms with Crippen molar-refractivity contribution in [2.24, 2.45) is 0 Å². The Kier molecular flexibility index (Phi) is 3.29. The van der Waals surface area contributed by atoms with E-state index in [2.05, 4.69) is 4.74 Å². The number of methoxy groups -OCH3 is 2. The second-order valence-electron chi connectivity index (χ2n) is 2.86. The average molecular weight is 226 g/mol. The van der Waals surface area contributed by atoms with Gasteiger partial charge in [0.15, 0.2) is 5.75 Å². The lowest BCUT2D eigenvalue weighted by Crippen LogP contribution is -2.07. The van der Waals surface area contributed by atoms with Crippen LogP contribution in [0.5, 0.6) is 5.75 Å². The minimum Gasteiger partial charge on any atom is -0.490 e. The van der Waals surface area contributed by atoms with E-state index in [0.717, 1.165) is 13.2 Å². The van der Waals surface area contributed by atoms with Gasteiger partial charge in [0.2, 0.25) is 0 Å². The number of hydrogen-bond acceptors (Lipinski definition) is 6. The van der Waals surface area contributed by atoms with Crippen molar-refractivity contribution in [2.75, 3.05) is 20.0 Å². The van der Waals surface area contributed by atoms with E-state index < -0.39 is 10.9 Å². The van der Waals surface area contributed by atoms with Crippen LogP contribution in [0.25, 0.3) is 0 Å². The Labute approximate surface area is 90.9 Å². The molecule has 0 unspecified atom stereocenters. The Morgan fingerprint density at radius 3 is 2.50 bits per heavy atom. The first-order valence-electron chi connectivity index (χ1n) is 4.21. The zero-order valence-electron chi connectivity index (χ0n) is 8.72. The molecule has 0 radical (unpaired) electrons. The standard InChI is InChI=1S/C9H10N2O5/c1-15-8-4-6(10)5(9(12)16-2)3-7(8)11(13)14/h3-4H,10H2,1-2H3. The van der Waals surface area contributed by atoms with Crippen LogP contribution < -0.4 is 10.5 Å². The number of nitrogens with two attached hydrogens (primary N) is 1. The molecule has 0 spiro atoms. The summed E-state index contributed by atoms with van der Waals surface area (Å²) in [6, 6.07) is 2.24. The molecule has 7 nitrogen and oxygen atoms in total. The maximum absolute atomic E-state index is 11.2. The monoisotopic (exact) mass is 226 g/mol. The van der Waals surface area contributed by atoms with Gasteiger partial charge in [-0.25, -0.2) is 4.79 Å². The fraction of sp³-hybridized carbons (Fsp3) is 0.222. The van der Waals surface area contributed by atoms with Gasteiger partial charge in [-0.15, -0.1) is 0 Å². The number of rotatable bonds is 3. The molecule has 0 aromatic heterocycles. The van der Waals surface area contributed by atoms with Crippen LogP contribution in [0.15, 0.2) is 12.1 Å². The lowest BCUT2D eigenvalue weighted by atomic mass is 10.1. The van der Waals surface area contributed by atoms with Crippen molar-refractivity contribution in [1.82, 2.24) is 0 Å². The summed E-state index contributed by atoms with van der Waals surface area (Å²) in [6.07, 6.45) is 0. The number of nitrogen functional groups attached to an aromatic ring is 1. The number of nitro groups is 1. The molecule has 16 heavy (non-hydrogen) atoms. The SMILES string of the molecule is COC(=O)c1cc([N+](=O)[O-])c(OC)cc1N. The van der Waals surface area contributed by atoms with E-state index in [1.807, 2.05) is 0 Å². The first-order chi connectivity index (χ1) is 7.51. The summed E-state index contributed by atoms with van der Waals surface area (Å²) in [5, 5.41) is 10.7. The number of hydrogen-bond donors (Lipinski definition) is 1. The third-order valence-corrected chi connectivity index (χ3v) is 1.95. The zero-order valence-corrected chi connectivity index (χ0v) is 8.72. The Bertz CT molecular complexity index is 444. The Hall–Kier alpha value is -2.31. The molecule has 1 aromatic rings. The summed E-state index contributed by atoms with van der Waals surface area (Å²) in [4.78, 5) is 21.3. The Morgan fingerprint density at radius 1 is 1.44 bits per heavy atom. The van der Waals surface area contributed by atoms with E-state index in [1.165, 1.54) is 13.2 Å². The van der Waals surface area contributed by atoms with Crippen molar-refractivity contribution in [3.63, 3.8) is 0 Å². The molecule has 0 saturated carbocycles. The molecule has 86 valence electrons. The van der Waals surface area contributed by atoms with Crippen molar-refractivity contribution in [3.8, 4) is 5.75 Å². The van der Waals surface area contributed by atoms with Crippen LogP contribution in [0.2, 0.25) is 0 Å². The zero-order chi connectivity index (χ0) is 12.3. The molecular weight excluding hydrogens is 216 g/mol. The quantitative estimate of drug-likeness (QED) is 0.356. The van der Waals surface area contributed by atoms with E-state index >= 15 is 0 Å². The Morgan fingerprint density at radius 2 is 2.06 bits per heavy atom. The maximum Gasteiger partial charge on any atom is 0.340 e. The van der Waals surface area contributed by atoms with E-state index in [-0.39, 0.29) is 22.7 Å². The predicted octanol–water partition coefficient (Wildman–Crippen LogP) is 0.972. The molecule has 0 bridgehead atoms. The van der Waals surface area contributed by atoms with Crippen LogP contribution in [0.1, 0.15) is 10.4 Å². The van der Waals surface area contributed by atoms with Gasteiger partial charge >= 0.3 is 11.7 Å². The second kappa shape index (κ2) is 4.47. The first-order valence-corrected chi connectivity index (χ1v) is 4.21. The molecule has 0 atom stereocenters. The summed E-state index contributed by atoms with van der Waals surface area (Å²) >= 11 is 0. The summed E-state index contributed by atoms with van der Waals surface area (Å²) in [7, 11) is 2.44. The number of benzene rings is 1. The van der Waals surface area contributed by atoms with Crippen molar-refractivity contribution in [3.05, 3.63) is 27.8 Å². The summed E-state index contributed by atoms with van der Waals surface area (Å²) in [6.45, 7) is 0. The molecule has 0 aliphatic heterocycles. The molecule has 1 aromatic carbocycles. The largest absolute Gasteiger partial charge is 0.490 e.